The third-order valence-electron chi connectivity index (χ3n) is 4.72. The molecule has 0 amide bonds. The van der Waals surface area contributed by atoms with E-state index >= 15 is 0 Å². The normalized spacial score (nSPS) is 20.1. The van der Waals surface area contributed by atoms with Gasteiger partial charge in [-0.1, -0.05) is 24.3 Å². The molecular weight excluding hydrogens is 296 g/mol. The van der Waals surface area contributed by atoms with Gasteiger partial charge in [-0.25, -0.2) is 8.42 Å². The Labute approximate surface area is 131 Å². The smallest absolute Gasteiger partial charge is 0.265 e. The van der Waals surface area contributed by atoms with Gasteiger partial charge in [-0.05, 0) is 56.4 Å². The van der Waals surface area contributed by atoms with Crippen molar-refractivity contribution in [3.63, 3.8) is 0 Å². The van der Waals surface area contributed by atoms with Gasteiger partial charge >= 0.3 is 0 Å². The van der Waals surface area contributed by atoms with Crippen molar-refractivity contribution in [3.05, 3.63) is 36.4 Å². The van der Waals surface area contributed by atoms with Gasteiger partial charge in [-0.2, -0.15) is 0 Å². The average Bonchev–Trinajstić information content (AvgIpc) is 3.10. The lowest BCUT2D eigenvalue weighted by Crippen LogP contribution is -2.31. The monoisotopic (exact) mass is 316 g/mol. The van der Waals surface area contributed by atoms with Crippen molar-refractivity contribution < 1.29 is 8.42 Å². The molecule has 22 heavy (non-hydrogen) atoms. The molecule has 0 spiro atoms. The van der Waals surface area contributed by atoms with Crippen molar-refractivity contribution in [3.8, 4) is 0 Å². The molecule has 0 unspecified atom stereocenters. The number of likely N-dealkylation sites (tertiary alicyclic amines) is 1. The summed E-state index contributed by atoms with van der Waals surface area (Å²) in [4.78, 5) is 2.89. The minimum absolute atomic E-state index is 0.460. The fourth-order valence-electron chi connectivity index (χ4n) is 3.64. The van der Waals surface area contributed by atoms with Gasteiger partial charge in [0.1, 0.15) is 0 Å². The summed E-state index contributed by atoms with van der Waals surface area (Å²) < 4.78 is 27.2. The summed E-state index contributed by atoms with van der Waals surface area (Å²) in [6.07, 6.45) is 3.42. The van der Waals surface area contributed by atoms with Crippen molar-refractivity contribution >= 4 is 26.5 Å². The van der Waals surface area contributed by atoms with Crippen LogP contribution in [0.5, 0.6) is 0 Å². The van der Waals surface area contributed by atoms with E-state index < -0.39 is 10.0 Å². The van der Waals surface area contributed by atoms with E-state index in [-0.39, 0.29) is 0 Å². The Bertz CT molecular complexity index is 805. The molecule has 2 aromatic rings. The molecule has 0 aromatic heterocycles. The van der Waals surface area contributed by atoms with Crippen LogP contribution >= 0.6 is 0 Å². The van der Waals surface area contributed by atoms with Crippen LogP contribution in [0.3, 0.4) is 0 Å². The van der Waals surface area contributed by atoms with Crippen LogP contribution in [0.15, 0.2) is 41.3 Å². The van der Waals surface area contributed by atoms with E-state index in [0.717, 1.165) is 42.5 Å². The molecule has 1 fully saturated rings. The zero-order valence-corrected chi connectivity index (χ0v) is 13.3. The van der Waals surface area contributed by atoms with Crippen LogP contribution in [0, 0.1) is 0 Å². The average molecular weight is 316 g/mol. The van der Waals surface area contributed by atoms with E-state index in [9.17, 15) is 8.42 Å². The largest absolute Gasteiger partial charge is 0.303 e. The first-order chi connectivity index (χ1) is 10.7. The van der Waals surface area contributed by atoms with Crippen LogP contribution in [0.25, 0.3) is 10.8 Å². The Balaban J connectivity index is 1.62. The standard InChI is InChI=1S/C17H20N2O2S/c20-22(21)16-9-4-7-14-6-3-8-15(17(14)16)19(22)13-5-12-18-10-1-2-11-18/h3-4,6-9H,1-2,5,10-13H2. The van der Waals surface area contributed by atoms with Gasteiger partial charge in [0.15, 0.2) is 0 Å². The highest BCUT2D eigenvalue weighted by molar-refractivity contribution is 7.93. The maximum Gasteiger partial charge on any atom is 0.265 e. The van der Waals surface area contributed by atoms with E-state index in [0.29, 0.717) is 11.4 Å². The van der Waals surface area contributed by atoms with Crippen LogP contribution in [0.2, 0.25) is 0 Å². The lowest BCUT2D eigenvalue weighted by Gasteiger charge is -2.21. The van der Waals surface area contributed by atoms with E-state index in [1.807, 2.05) is 30.3 Å². The Morgan fingerprint density at radius 3 is 2.45 bits per heavy atom. The van der Waals surface area contributed by atoms with Gasteiger partial charge in [0.05, 0.1) is 10.6 Å². The predicted molar refractivity (Wildman–Crippen MR) is 88.8 cm³/mol. The molecule has 1 saturated heterocycles. The van der Waals surface area contributed by atoms with Gasteiger partial charge < -0.3 is 4.90 Å². The van der Waals surface area contributed by atoms with Crippen LogP contribution in [-0.4, -0.2) is 39.5 Å². The quantitative estimate of drug-likeness (QED) is 0.871. The molecule has 116 valence electrons. The molecule has 0 bridgehead atoms. The molecule has 4 nitrogen and oxygen atoms in total. The van der Waals surface area contributed by atoms with Gasteiger partial charge in [-0.15, -0.1) is 0 Å². The summed E-state index contributed by atoms with van der Waals surface area (Å²) in [5, 5.41) is 1.88. The molecular formula is C17H20N2O2S. The summed E-state index contributed by atoms with van der Waals surface area (Å²) in [7, 11) is -3.38. The number of anilines is 1. The van der Waals surface area contributed by atoms with Crippen LogP contribution in [-0.2, 0) is 10.0 Å². The minimum Gasteiger partial charge on any atom is -0.303 e. The van der Waals surface area contributed by atoms with Crippen LogP contribution in [0.4, 0.5) is 5.69 Å². The minimum atomic E-state index is -3.38. The summed E-state index contributed by atoms with van der Waals surface area (Å²) in [6.45, 7) is 3.86. The fraction of sp³-hybridized carbons (Fsp3) is 0.412. The number of rotatable bonds is 4. The second-order valence-corrected chi connectivity index (χ2v) is 7.94. The van der Waals surface area contributed by atoms with Crippen LogP contribution < -0.4 is 4.31 Å². The number of sulfonamides is 1. The number of hydrogen-bond donors (Lipinski definition) is 0. The Morgan fingerprint density at radius 1 is 0.955 bits per heavy atom. The first-order valence-corrected chi connectivity index (χ1v) is 9.39. The molecule has 2 heterocycles. The number of benzene rings is 2. The third kappa shape index (κ3) is 2.11. The summed E-state index contributed by atoms with van der Waals surface area (Å²) in [6, 6.07) is 11.4. The van der Waals surface area contributed by atoms with Gasteiger partial charge in [0.25, 0.3) is 10.0 Å². The first kappa shape index (κ1) is 14.0. The number of hydrogen-bond acceptors (Lipinski definition) is 3. The van der Waals surface area contributed by atoms with Crippen molar-refractivity contribution in [1.29, 1.82) is 0 Å². The van der Waals surface area contributed by atoms with E-state index in [1.165, 1.54) is 12.8 Å². The lowest BCUT2D eigenvalue weighted by molar-refractivity contribution is 0.336. The lowest BCUT2D eigenvalue weighted by atomic mass is 10.1. The Hall–Kier alpha value is -1.59. The fourth-order valence-corrected chi connectivity index (χ4v) is 5.39. The zero-order valence-electron chi connectivity index (χ0n) is 12.5. The van der Waals surface area contributed by atoms with Crippen molar-refractivity contribution in [1.82, 2.24) is 4.90 Å². The maximum atomic E-state index is 12.8. The van der Waals surface area contributed by atoms with Crippen LogP contribution in [0.1, 0.15) is 19.3 Å². The summed E-state index contributed by atoms with van der Waals surface area (Å²) >= 11 is 0. The SMILES string of the molecule is O=S1(=O)c2cccc3cccc(c23)N1CCCN1CCCC1. The highest BCUT2D eigenvalue weighted by Crippen LogP contribution is 2.41. The molecule has 2 aromatic carbocycles. The highest BCUT2D eigenvalue weighted by atomic mass is 32.2. The molecule has 2 aliphatic heterocycles. The van der Waals surface area contributed by atoms with E-state index in [4.69, 9.17) is 0 Å². The molecule has 0 aliphatic carbocycles. The second kappa shape index (κ2) is 5.25. The topological polar surface area (TPSA) is 40.6 Å². The highest BCUT2D eigenvalue weighted by Gasteiger charge is 2.34. The predicted octanol–water partition coefficient (Wildman–Crippen LogP) is 2.83. The van der Waals surface area contributed by atoms with Crippen molar-refractivity contribution in [2.75, 3.05) is 30.5 Å². The molecule has 0 saturated carbocycles. The van der Waals surface area contributed by atoms with E-state index in [1.54, 1.807) is 10.4 Å². The zero-order chi connectivity index (χ0) is 15.2. The summed E-state index contributed by atoms with van der Waals surface area (Å²) in [5.41, 5.74) is 0.842. The second-order valence-electron chi connectivity index (χ2n) is 6.11. The Morgan fingerprint density at radius 2 is 1.68 bits per heavy atom. The van der Waals surface area contributed by atoms with Crippen molar-refractivity contribution in [2.45, 2.75) is 24.2 Å². The van der Waals surface area contributed by atoms with Gasteiger partial charge in [-0.3, -0.25) is 4.31 Å². The van der Waals surface area contributed by atoms with Gasteiger partial charge in [0.2, 0.25) is 0 Å². The Kier molecular flexibility index (Phi) is 3.35. The molecule has 4 rings (SSSR count). The van der Waals surface area contributed by atoms with Gasteiger partial charge in [0, 0.05) is 11.9 Å². The molecule has 0 radical (unpaired) electrons. The summed E-state index contributed by atoms with van der Waals surface area (Å²) in [5.74, 6) is 0. The van der Waals surface area contributed by atoms with E-state index in [2.05, 4.69) is 4.90 Å². The third-order valence-corrected chi connectivity index (χ3v) is 6.57. The molecule has 0 N–H and O–H groups in total. The molecule has 5 heteroatoms. The molecule has 2 aliphatic rings. The number of nitrogens with zero attached hydrogens (tertiary/aromatic N) is 2. The van der Waals surface area contributed by atoms with Crippen molar-refractivity contribution in [2.24, 2.45) is 0 Å². The first-order valence-electron chi connectivity index (χ1n) is 7.95. The molecule has 0 atom stereocenters. The maximum absolute atomic E-state index is 12.8.